The van der Waals surface area contributed by atoms with Gasteiger partial charge in [0, 0.05) is 6.42 Å². The van der Waals surface area contributed by atoms with Gasteiger partial charge in [0.25, 0.3) is 0 Å². The van der Waals surface area contributed by atoms with Crippen molar-refractivity contribution in [3.8, 4) is 0 Å². The summed E-state index contributed by atoms with van der Waals surface area (Å²) < 4.78 is -0.385. The number of carbonyl (C=O) groups is 2. The monoisotopic (exact) mass is 406 g/mol. The Hall–Kier alpha value is -0.440. The first-order valence-electron chi connectivity index (χ1n) is 10.1. The van der Waals surface area contributed by atoms with Crippen LogP contribution in [0.4, 0.5) is 0 Å². The SMILES string of the molecule is C[C@@]12CC[C@@H]3[C@H](CCC4=CC(=O)CC[C@@]43C)[C@H]1CC[C@H]2[C@@](C)(Br)C=O. The zero-order valence-electron chi connectivity index (χ0n) is 15.8. The molecule has 0 bridgehead atoms. The minimum atomic E-state index is -0.385. The number of hydrogen-bond donors (Lipinski definition) is 0. The zero-order chi connectivity index (χ0) is 18.0. The third-order valence-corrected chi connectivity index (χ3v) is 9.61. The molecule has 0 saturated heterocycles. The Bertz CT molecular complexity index is 636. The van der Waals surface area contributed by atoms with Crippen molar-refractivity contribution in [1.29, 1.82) is 0 Å². The van der Waals surface area contributed by atoms with Crippen LogP contribution in [0, 0.1) is 34.5 Å². The van der Waals surface area contributed by atoms with Crippen molar-refractivity contribution < 1.29 is 9.59 Å². The topological polar surface area (TPSA) is 34.1 Å². The summed E-state index contributed by atoms with van der Waals surface area (Å²) in [6.07, 6.45) is 12.2. The predicted molar refractivity (Wildman–Crippen MR) is 104 cm³/mol. The van der Waals surface area contributed by atoms with E-state index >= 15 is 0 Å². The average Bonchev–Trinajstić information content (AvgIpc) is 2.93. The summed E-state index contributed by atoms with van der Waals surface area (Å²) >= 11 is 3.75. The Kier molecular flexibility index (Phi) is 4.15. The van der Waals surface area contributed by atoms with Gasteiger partial charge in [-0.3, -0.25) is 4.79 Å². The van der Waals surface area contributed by atoms with Crippen molar-refractivity contribution in [2.75, 3.05) is 0 Å². The van der Waals surface area contributed by atoms with E-state index in [0.29, 0.717) is 11.7 Å². The Morgan fingerprint density at radius 2 is 1.88 bits per heavy atom. The standard InChI is InChI=1S/C22H31BrO2/c1-20-10-8-15(25)12-14(20)4-5-16-17-6-7-19(22(3,23)13-24)21(17,2)11-9-18(16)20/h12-13,16-19H,4-11H2,1-3H3/t16-,17-,18-,19-,20+,21-,22+/m1/s1. The first-order chi connectivity index (χ1) is 11.7. The van der Waals surface area contributed by atoms with Gasteiger partial charge in [-0.1, -0.05) is 35.4 Å². The van der Waals surface area contributed by atoms with Crippen LogP contribution in [0.25, 0.3) is 0 Å². The van der Waals surface area contributed by atoms with Crippen LogP contribution in [0.3, 0.4) is 0 Å². The maximum Gasteiger partial charge on any atom is 0.155 e. The first-order valence-corrected chi connectivity index (χ1v) is 10.9. The highest BCUT2D eigenvalue weighted by molar-refractivity contribution is 9.10. The minimum absolute atomic E-state index is 0.249. The van der Waals surface area contributed by atoms with Gasteiger partial charge in [-0.25, -0.2) is 0 Å². The number of carbonyl (C=O) groups excluding carboxylic acids is 2. The molecule has 2 nitrogen and oxygen atoms in total. The summed E-state index contributed by atoms with van der Waals surface area (Å²) in [4.78, 5) is 23.6. The van der Waals surface area contributed by atoms with Gasteiger partial charge in [0.15, 0.2) is 5.78 Å². The van der Waals surface area contributed by atoms with E-state index in [9.17, 15) is 9.59 Å². The Morgan fingerprint density at radius 3 is 2.60 bits per heavy atom. The normalized spacial score (nSPS) is 48.6. The van der Waals surface area contributed by atoms with Gasteiger partial charge >= 0.3 is 0 Å². The first kappa shape index (κ1) is 17.9. The van der Waals surface area contributed by atoms with Crippen molar-refractivity contribution in [1.82, 2.24) is 0 Å². The highest BCUT2D eigenvalue weighted by Crippen LogP contribution is 2.68. The van der Waals surface area contributed by atoms with Crippen LogP contribution < -0.4 is 0 Å². The molecule has 0 unspecified atom stereocenters. The lowest BCUT2D eigenvalue weighted by Gasteiger charge is -2.58. The van der Waals surface area contributed by atoms with E-state index in [2.05, 4.69) is 36.7 Å². The Balaban J connectivity index is 1.66. The van der Waals surface area contributed by atoms with E-state index in [-0.39, 0.29) is 15.2 Å². The average molecular weight is 407 g/mol. The molecule has 0 aromatic carbocycles. The minimum Gasteiger partial charge on any atom is -0.302 e. The second-order valence-electron chi connectivity index (χ2n) is 9.91. The quantitative estimate of drug-likeness (QED) is 0.448. The molecule has 0 radical (unpaired) electrons. The van der Waals surface area contributed by atoms with Crippen LogP contribution in [-0.2, 0) is 9.59 Å². The molecule has 3 fully saturated rings. The maximum absolute atomic E-state index is 11.9. The molecule has 4 aliphatic rings. The number of allylic oxidation sites excluding steroid dienone is 1. The number of rotatable bonds is 2. The number of aldehydes is 1. The second-order valence-corrected chi connectivity index (χ2v) is 11.6. The Morgan fingerprint density at radius 1 is 1.12 bits per heavy atom. The molecule has 4 rings (SSSR count). The van der Waals surface area contributed by atoms with Crippen molar-refractivity contribution in [3.63, 3.8) is 0 Å². The van der Waals surface area contributed by atoms with Crippen molar-refractivity contribution in [2.45, 2.75) is 76.5 Å². The Labute approximate surface area is 160 Å². The van der Waals surface area contributed by atoms with E-state index in [1.165, 1.54) is 37.7 Å². The number of ketones is 1. The fourth-order valence-corrected chi connectivity index (χ4v) is 8.32. The molecule has 0 aliphatic heterocycles. The maximum atomic E-state index is 11.9. The molecule has 0 aromatic heterocycles. The van der Waals surface area contributed by atoms with Gasteiger partial charge < -0.3 is 4.79 Å². The molecule has 138 valence electrons. The lowest BCUT2D eigenvalue weighted by Crippen LogP contribution is -2.52. The molecule has 0 aromatic rings. The van der Waals surface area contributed by atoms with E-state index in [0.717, 1.165) is 43.3 Å². The molecule has 0 spiro atoms. The molecule has 0 heterocycles. The van der Waals surface area contributed by atoms with Gasteiger partial charge in [-0.15, -0.1) is 0 Å². The van der Waals surface area contributed by atoms with E-state index in [1.807, 2.05) is 6.08 Å². The molecular weight excluding hydrogens is 376 g/mol. The van der Waals surface area contributed by atoms with E-state index < -0.39 is 0 Å². The smallest absolute Gasteiger partial charge is 0.155 e. The third kappa shape index (κ3) is 2.47. The summed E-state index contributed by atoms with van der Waals surface area (Å²) in [7, 11) is 0. The number of alkyl halides is 1. The molecule has 3 heteroatoms. The van der Waals surface area contributed by atoms with Gasteiger partial charge in [0.1, 0.15) is 6.29 Å². The van der Waals surface area contributed by atoms with Crippen LogP contribution in [0.1, 0.15) is 72.1 Å². The fourth-order valence-electron chi connectivity index (χ4n) is 7.57. The zero-order valence-corrected chi connectivity index (χ0v) is 17.4. The van der Waals surface area contributed by atoms with Crippen LogP contribution in [0.5, 0.6) is 0 Å². The molecule has 7 atom stereocenters. The number of fused-ring (bicyclic) bond motifs is 5. The van der Waals surface area contributed by atoms with E-state index in [4.69, 9.17) is 0 Å². The third-order valence-electron chi connectivity index (χ3n) is 8.87. The van der Waals surface area contributed by atoms with Gasteiger partial charge in [0.2, 0.25) is 0 Å². The largest absolute Gasteiger partial charge is 0.302 e. The van der Waals surface area contributed by atoms with Crippen LogP contribution in [-0.4, -0.2) is 16.4 Å². The second kappa shape index (κ2) is 5.78. The molecular formula is C22H31BrO2. The van der Waals surface area contributed by atoms with Crippen LogP contribution in [0.2, 0.25) is 0 Å². The lowest BCUT2D eigenvalue weighted by molar-refractivity contribution is -0.117. The summed E-state index contributed by atoms with van der Waals surface area (Å²) in [6.45, 7) is 6.98. The molecule has 0 N–H and O–H groups in total. The lowest BCUT2D eigenvalue weighted by atomic mass is 9.46. The summed E-state index contributed by atoms with van der Waals surface area (Å²) in [6, 6.07) is 0. The number of hydrogen-bond acceptors (Lipinski definition) is 2. The molecule has 4 aliphatic carbocycles. The van der Waals surface area contributed by atoms with Crippen LogP contribution >= 0.6 is 15.9 Å². The predicted octanol–water partition coefficient (Wildman–Crippen LogP) is 5.49. The van der Waals surface area contributed by atoms with Gasteiger partial charge in [0.05, 0.1) is 4.32 Å². The summed E-state index contributed by atoms with van der Waals surface area (Å²) in [5.74, 6) is 3.03. The summed E-state index contributed by atoms with van der Waals surface area (Å²) in [5.41, 5.74) is 1.97. The fraction of sp³-hybridized carbons (Fsp3) is 0.818. The molecule has 25 heavy (non-hydrogen) atoms. The van der Waals surface area contributed by atoms with Gasteiger partial charge in [-0.05, 0) is 92.4 Å². The van der Waals surface area contributed by atoms with Crippen molar-refractivity contribution >= 4 is 28.0 Å². The highest BCUT2D eigenvalue weighted by Gasteiger charge is 2.61. The molecule has 3 saturated carbocycles. The van der Waals surface area contributed by atoms with Crippen molar-refractivity contribution in [2.24, 2.45) is 34.5 Å². The highest BCUT2D eigenvalue weighted by atomic mass is 79.9. The molecule has 0 amide bonds. The van der Waals surface area contributed by atoms with Crippen molar-refractivity contribution in [3.05, 3.63) is 11.6 Å². The van der Waals surface area contributed by atoms with E-state index in [1.54, 1.807) is 0 Å². The van der Waals surface area contributed by atoms with Crippen LogP contribution in [0.15, 0.2) is 11.6 Å². The van der Waals surface area contributed by atoms with Gasteiger partial charge in [-0.2, -0.15) is 0 Å². The number of halogens is 1. The summed E-state index contributed by atoms with van der Waals surface area (Å²) in [5, 5.41) is 0.